The number of nitrogens with zero attached hydrogens (tertiary/aromatic N) is 1. The standard InChI is InChI=1S/C17H18N4O5/c1-2-26-15-9-5-13(6-10-15)18-17(23)20-19-16(22)11-12-3-7-14(8-4-12)21(24)25/h3-10H,2,11H2,1H3,(H,19,22)(H2,18,20,23). The van der Waals surface area contributed by atoms with E-state index in [-0.39, 0.29) is 12.1 Å². The summed E-state index contributed by atoms with van der Waals surface area (Å²) in [7, 11) is 0. The van der Waals surface area contributed by atoms with Crippen LogP contribution in [0.25, 0.3) is 0 Å². The molecule has 9 heteroatoms. The molecule has 0 fully saturated rings. The smallest absolute Gasteiger partial charge is 0.337 e. The Morgan fingerprint density at radius 1 is 1.04 bits per heavy atom. The third kappa shape index (κ3) is 5.78. The van der Waals surface area contributed by atoms with Crippen molar-refractivity contribution in [2.45, 2.75) is 13.3 Å². The van der Waals surface area contributed by atoms with E-state index in [1.165, 1.54) is 24.3 Å². The number of amides is 3. The average Bonchev–Trinajstić information content (AvgIpc) is 2.62. The average molecular weight is 358 g/mol. The Balaban J connectivity index is 1.77. The van der Waals surface area contributed by atoms with Gasteiger partial charge in [-0.1, -0.05) is 12.1 Å². The van der Waals surface area contributed by atoms with Crippen molar-refractivity contribution in [1.82, 2.24) is 10.9 Å². The van der Waals surface area contributed by atoms with Crippen LogP contribution in [0.15, 0.2) is 48.5 Å². The number of carbonyl (C=O) groups excluding carboxylic acids is 2. The molecule has 26 heavy (non-hydrogen) atoms. The Kier molecular flexibility index (Phi) is 6.49. The van der Waals surface area contributed by atoms with Crippen molar-refractivity contribution in [2.75, 3.05) is 11.9 Å². The summed E-state index contributed by atoms with van der Waals surface area (Å²) >= 11 is 0. The Morgan fingerprint density at radius 3 is 2.27 bits per heavy atom. The van der Waals surface area contributed by atoms with E-state index in [2.05, 4.69) is 16.2 Å². The molecule has 2 rings (SSSR count). The maximum atomic E-state index is 11.8. The number of hydrazine groups is 1. The van der Waals surface area contributed by atoms with E-state index in [0.717, 1.165) is 0 Å². The maximum Gasteiger partial charge on any atom is 0.337 e. The van der Waals surface area contributed by atoms with Gasteiger partial charge in [0.1, 0.15) is 5.75 Å². The third-order valence-electron chi connectivity index (χ3n) is 3.25. The number of anilines is 1. The number of nitrogens with one attached hydrogen (secondary N) is 3. The van der Waals surface area contributed by atoms with Crippen LogP contribution in [0.4, 0.5) is 16.2 Å². The highest BCUT2D eigenvalue weighted by atomic mass is 16.6. The predicted molar refractivity (Wildman–Crippen MR) is 94.7 cm³/mol. The van der Waals surface area contributed by atoms with Crippen molar-refractivity contribution in [2.24, 2.45) is 0 Å². The molecule has 0 heterocycles. The number of rotatable bonds is 6. The van der Waals surface area contributed by atoms with Crippen molar-refractivity contribution >= 4 is 23.3 Å². The van der Waals surface area contributed by atoms with Gasteiger partial charge in [-0.15, -0.1) is 0 Å². The number of hydrogen-bond acceptors (Lipinski definition) is 5. The molecule has 0 spiro atoms. The van der Waals surface area contributed by atoms with E-state index in [1.807, 2.05) is 6.92 Å². The molecule has 0 aromatic heterocycles. The minimum absolute atomic E-state index is 0.0265. The first-order valence-corrected chi connectivity index (χ1v) is 7.80. The zero-order valence-electron chi connectivity index (χ0n) is 14.0. The molecule has 2 aromatic rings. The second-order valence-corrected chi connectivity index (χ2v) is 5.19. The summed E-state index contributed by atoms with van der Waals surface area (Å²) in [6.45, 7) is 2.42. The predicted octanol–water partition coefficient (Wildman–Crippen LogP) is 2.39. The number of nitro benzene ring substituents is 1. The maximum absolute atomic E-state index is 11.8. The molecule has 3 N–H and O–H groups in total. The first-order chi connectivity index (χ1) is 12.5. The van der Waals surface area contributed by atoms with Crippen LogP contribution in [0.5, 0.6) is 5.75 Å². The van der Waals surface area contributed by atoms with Crippen LogP contribution in [0.3, 0.4) is 0 Å². The van der Waals surface area contributed by atoms with Gasteiger partial charge in [-0.05, 0) is 36.8 Å². The highest BCUT2D eigenvalue weighted by Crippen LogP contribution is 2.15. The highest BCUT2D eigenvalue weighted by Gasteiger charge is 2.08. The van der Waals surface area contributed by atoms with Gasteiger partial charge >= 0.3 is 6.03 Å². The van der Waals surface area contributed by atoms with Crippen LogP contribution >= 0.6 is 0 Å². The van der Waals surface area contributed by atoms with Gasteiger partial charge in [0.2, 0.25) is 5.91 Å². The second kappa shape index (κ2) is 9.02. The molecule has 3 amide bonds. The van der Waals surface area contributed by atoms with Crippen molar-refractivity contribution < 1.29 is 19.2 Å². The molecule has 0 saturated carbocycles. The molecular weight excluding hydrogens is 340 g/mol. The molecule has 0 atom stereocenters. The summed E-state index contributed by atoms with van der Waals surface area (Å²) in [5.74, 6) is 0.232. The molecule has 0 bridgehead atoms. The molecule has 0 unspecified atom stereocenters. The summed E-state index contributed by atoms with van der Waals surface area (Å²) in [4.78, 5) is 33.6. The number of non-ortho nitro benzene ring substituents is 1. The quantitative estimate of drug-likeness (QED) is 0.540. The van der Waals surface area contributed by atoms with Crippen LogP contribution in [-0.2, 0) is 11.2 Å². The minimum Gasteiger partial charge on any atom is -0.494 e. The Bertz CT molecular complexity index is 775. The van der Waals surface area contributed by atoms with Crippen molar-refractivity contribution in [1.29, 1.82) is 0 Å². The number of carbonyl (C=O) groups is 2. The fraction of sp³-hybridized carbons (Fsp3) is 0.176. The zero-order chi connectivity index (χ0) is 18.9. The molecule has 0 radical (unpaired) electrons. The van der Waals surface area contributed by atoms with Gasteiger partial charge in [0.15, 0.2) is 0 Å². The molecule has 9 nitrogen and oxygen atoms in total. The first kappa shape index (κ1) is 18.7. The van der Waals surface area contributed by atoms with Crippen molar-refractivity contribution in [3.05, 3.63) is 64.2 Å². The van der Waals surface area contributed by atoms with E-state index in [0.29, 0.717) is 23.6 Å². The summed E-state index contributed by atoms with van der Waals surface area (Å²) in [6.07, 6.45) is -0.0265. The number of nitro groups is 1. The molecule has 0 aliphatic heterocycles. The molecule has 2 aromatic carbocycles. The van der Waals surface area contributed by atoms with E-state index in [1.54, 1.807) is 24.3 Å². The molecule has 136 valence electrons. The van der Waals surface area contributed by atoms with Crippen LogP contribution in [0, 0.1) is 10.1 Å². The fourth-order valence-corrected chi connectivity index (χ4v) is 2.06. The first-order valence-electron chi connectivity index (χ1n) is 7.80. The van der Waals surface area contributed by atoms with Crippen LogP contribution in [0.1, 0.15) is 12.5 Å². The lowest BCUT2D eigenvalue weighted by Crippen LogP contribution is -2.44. The van der Waals surface area contributed by atoms with Gasteiger partial charge in [-0.3, -0.25) is 20.3 Å². The van der Waals surface area contributed by atoms with Gasteiger partial charge in [0.05, 0.1) is 18.0 Å². The molecular formula is C17H18N4O5. The van der Waals surface area contributed by atoms with Crippen molar-refractivity contribution in [3.63, 3.8) is 0 Å². The summed E-state index contributed by atoms with van der Waals surface area (Å²) in [5.41, 5.74) is 5.56. The lowest BCUT2D eigenvalue weighted by molar-refractivity contribution is -0.384. The number of hydrogen-bond donors (Lipinski definition) is 3. The van der Waals surface area contributed by atoms with E-state index >= 15 is 0 Å². The van der Waals surface area contributed by atoms with Crippen LogP contribution < -0.4 is 20.9 Å². The SMILES string of the molecule is CCOc1ccc(NC(=O)NNC(=O)Cc2ccc([N+](=O)[O-])cc2)cc1. The van der Waals surface area contributed by atoms with E-state index < -0.39 is 16.9 Å². The molecule has 0 aliphatic carbocycles. The molecule has 0 aliphatic rings. The van der Waals surface area contributed by atoms with Gasteiger partial charge in [-0.2, -0.15) is 0 Å². The Morgan fingerprint density at radius 2 is 1.69 bits per heavy atom. The van der Waals surface area contributed by atoms with Gasteiger partial charge in [0, 0.05) is 17.8 Å². The zero-order valence-corrected chi connectivity index (χ0v) is 14.0. The largest absolute Gasteiger partial charge is 0.494 e. The Labute approximate surface area is 149 Å². The third-order valence-corrected chi connectivity index (χ3v) is 3.25. The highest BCUT2D eigenvalue weighted by molar-refractivity contribution is 5.91. The minimum atomic E-state index is -0.605. The topological polar surface area (TPSA) is 123 Å². The number of ether oxygens (including phenoxy) is 1. The lowest BCUT2D eigenvalue weighted by atomic mass is 10.1. The summed E-state index contributed by atoms with van der Waals surface area (Å²) < 4.78 is 5.30. The Hall–Kier alpha value is -3.62. The van der Waals surface area contributed by atoms with Crippen LogP contribution in [0.2, 0.25) is 0 Å². The normalized spacial score (nSPS) is 9.88. The fourth-order valence-electron chi connectivity index (χ4n) is 2.06. The second-order valence-electron chi connectivity index (χ2n) is 5.19. The molecule has 0 saturated heterocycles. The summed E-state index contributed by atoms with van der Waals surface area (Å²) in [5, 5.41) is 13.1. The van der Waals surface area contributed by atoms with Gasteiger partial charge in [-0.25, -0.2) is 10.2 Å². The van der Waals surface area contributed by atoms with E-state index in [4.69, 9.17) is 4.74 Å². The monoisotopic (exact) mass is 358 g/mol. The van der Waals surface area contributed by atoms with Crippen molar-refractivity contribution in [3.8, 4) is 5.75 Å². The number of urea groups is 1. The lowest BCUT2D eigenvalue weighted by Gasteiger charge is -2.10. The number of benzene rings is 2. The van der Waals surface area contributed by atoms with E-state index in [9.17, 15) is 19.7 Å². The van der Waals surface area contributed by atoms with Crippen LogP contribution in [-0.4, -0.2) is 23.5 Å². The van der Waals surface area contributed by atoms with Gasteiger partial charge in [0.25, 0.3) is 5.69 Å². The van der Waals surface area contributed by atoms with Gasteiger partial charge < -0.3 is 10.1 Å². The summed E-state index contributed by atoms with van der Waals surface area (Å²) in [6, 6.07) is 11.8.